The number of amides is 3. The molecule has 1 aromatic heterocycles. The Hall–Kier alpha value is -3.29. The molecule has 1 atom stereocenters. The molecule has 2 N–H and O–H groups in total. The van der Waals surface area contributed by atoms with E-state index in [1.807, 2.05) is 19.1 Å². The Kier molecular flexibility index (Phi) is 9.55. The third-order valence-electron chi connectivity index (χ3n) is 6.16. The first-order chi connectivity index (χ1) is 16.5. The van der Waals surface area contributed by atoms with Crippen molar-refractivity contribution in [3.05, 3.63) is 54.0 Å². The molecule has 34 heavy (non-hydrogen) atoms. The van der Waals surface area contributed by atoms with Gasteiger partial charge < -0.3 is 24.7 Å². The molecule has 0 spiro atoms. The van der Waals surface area contributed by atoms with Crippen LogP contribution in [-0.4, -0.2) is 48.9 Å². The van der Waals surface area contributed by atoms with Gasteiger partial charge in [-0.05, 0) is 49.1 Å². The first kappa shape index (κ1) is 25.3. The van der Waals surface area contributed by atoms with E-state index in [4.69, 9.17) is 9.15 Å². The zero-order chi connectivity index (χ0) is 24.3. The van der Waals surface area contributed by atoms with E-state index in [1.165, 1.54) is 18.8 Å². The van der Waals surface area contributed by atoms with Gasteiger partial charge in [-0.25, -0.2) is 0 Å². The van der Waals surface area contributed by atoms with Crippen molar-refractivity contribution in [2.24, 2.45) is 0 Å². The van der Waals surface area contributed by atoms with Crippen LogP contribution in [0.5, 0.6) is 5.75 Å². The quantitative estimate of drug-likeness (QED) is 0.521. The topological polar surface area (TPSA) is 101 Å². The standard InChI is InChI=1S/C26H35N3O5/c1-3-4-16-29(23(30)18-27-25(31)22-11-8-17-34-22)24(19-12-14-21(33-2)15-13-19)26(32)28-20-9-6-5-7-10-20/h8,11-15,17,20,24H,3-7,9-10,16,18H2,1-2H3,(H,27,31)(H,28,32). The summed E-state index contributed by atoms with van der Waals surface area (Å²) in [6.07, 6.45) is 8.27. The number of unbranched alkanes of at least 4 members (excludes halogenated alkanes) is 1. The highest BCUT2D eigenvalue weighted by atomic mass is 16.5. The molecular formula is C26H35N3O5. The van der Waals surface area contributed by atoms with E-state index in [0.717, 1.165) is 38.5 Å². The second kappa shape index (κ2) is 12.8. The van der Waals surface area contributed by atoms with Crippen molar-refractivity contribution in [2.75, 3.05) is 20.2 Å². The van der Waals surface area contributed by atoms with Crippen LogP contribution in [0.3, 0.4) is 0 Å². The lowest BCUT2D eigenvalue weighted by atomic mass is 9.94. The number of furan rings is 1. The molecule has 1 heterocycles. The normalized spacial score (nSPS) is 14.8. The molecule has 8 heteroatoms. The average molecular weight is 470 g/mol. The van der Waals surface area contributed by atoms with E-state index in [2.05, 4.69) is 10.6 Å². The van der Waals surface area contributed by atoms with Crippen molar-refractivity contribution < 1.29 is 23.5 Å². The van der Waals surface area contributed by atoms with Gasteiger partial charge in [-0.3, -0.25) is 14.4 Å². The molecule has 2 aromatic rings. The van der Waals surface area contributed by atoms with Crippen LogP contribution in [0.25, 0.3) is 0 Å². The van der Waals surface area contributed by atoms with Gasteiger partial charge in [0, 0.05) is 12.6 Å². The number of methoxy groups -OCH3 is 1. The maximum Gasteiger partial charge on any atom is 0.287 e. The maximum atomic E-state index is 13.6. The van der Waals surface area contributed by atoms with Gasteiger partial charge in [0.15, 0.2) is 5.76 Å². The van der Waals surface area contributed by atoms with Crippen molar-refractivity contribution in [3.63, 3.8) is 0 Å². The molecule has 0 saturated heterocycles. The fraction of sp³-hybridized carbons (Fsp3) is 0.500. The molecule has 0 aliphatic heterocycles. The minimum absolute atomic E-state index is 0.115. The number of hydrogen-bond donors (Lipinski definition) is 2. The smallest absolute Gasteiger partial charge is 0.287 e. The van der Waals surface area contributed by atoms with E-state index in [9.17, 15) is 14.4 Å². The van der Waals surface area contributed by atoms with Crippen LogP contribution in [0.4, 0.5) is 0 Å². The zero-order valence-corrected chi connectivity index (χ0v) is 20.0. The third-order valence-corrected chi connectivity index (χ3v) is 6.16. The lowest BCUT2D eigenvalue weighted by Crippen LogP contribution is -2.49. The highest BCUT2D eigenvalue weighted by Crippen LogP contribution is 2.26. The van der Waals surface area contributed by atoms with Crippen LogP contribution >= 0.6 is 0 Å². The van der Waals surface area contributed by atoms with Crippen LogP contribution in [0.2, 0.25) is 0 Å². The summed E-state index contributed by atoms with van der Waals surface area (Å²) in [5.74, 6) is -0.185. The fourth-order valence-corrected chi connectivity index (χ4v) is 4.26. The summed E-state index contributed by atoms with van der Waals surface area (Å²) in [4.78, 5) is 40.8. The van der Waals surface area contributed by atoms with E-state index < -0.39 is 11.9 Å². The maximum absolute atomic E-state index is 13.6. The summed E-state index contributed by atoms with van der Waals surface area (Å²) >= 11 is 0. The second-order valence-corrected chi connectivity index (χ2v) is 8.62. The molecular weight excluding hydrogens is 434 g/mol. The first-order valence-electron chi connectivity index (χ1n) is 12.1. The van der Waals surface area contributed by atoms with Crippen molar-refractivity contribution in [2.45, 2.75) is 64.0 Å². The molecule has 3 rings (SSSR count). The number of carbonyl (C=O) groups excluding carboxylic acids is 3. The highest BCUT2D eigenvalue weighted by Gasteiger charge is 2.32. The molecule has 1 saturated carbocycles. The Balaban J connectivity index is 1.82. The monoisotopic (exact) mass is 469 g/mol. The average Bonchev–Trinajstić information content (AvgIpc) is 3.41. The van der Waals surface area contributed by atoms with Crippen molar-refractivity contribution >= 4 is 17.7 Å². The van der Waals surface area contributed by atoms with Crippen molar-refractivity contribution in [3.8, 4) is 5.75 Å². The number of nitrogens with one attached hydrogen (secondary N) is 2. The molecule has 1 aliphatic carbocycles. The number of carbonyl (C=O) groups is 3. The predicted molar refractivity (Wildman–Crippen MR) is 128 cm³/mol. The van der Waals surface area contributed by atoms with Gasteiger partial charge in [-0.15, -0.1) is 0 Å². The highest BCUT2D eigenvalue weighted by molar-refractivity contribution is 5.95. The predicted octanol–water partition coefficient (Wildman–Crippen LogP) is 3.84. The summed E-state index contributed by atoms with van der Waals surface area (Å²) in [5, 5.41) is 5.79. The molecule has 3 amide bonds. The number of ether oxygens (including phenoxy) is 1. The van der Waals surface area contributed by atoms with E-state index >= 15 is 0 Å². The van der Waals surface area contributed by atoms with Gasteiger partial charge in [0.25, 0.3) is 5.91 Å². The summed E-state index contributed by atoms with van der Waals surface area (Å²) in [6, 6.07) is 9.67. The van der Waals surface area contributed by atoms with Gasteiger partial charge >= 0.3 is 0 Å². The minimum atomic E-state index is -0.799. The summed E-state index contributed by atoms with van der Waals surface area (Å²) < 4.78 is 10.4. The molecule has 1 fully saturated rings. The largest absolute Gasteiger partial charge is 0.497 e. The van der Waals surface area contributed by atoms with Gasteiger partial charge in [0.2, 0.25) is 11.8 Å². The second-order valence-electron chi connectivity index (χ2n) is 8.62. The van der Waals surface area contributed by atoms with Crippen LogP contribution in [0, 0.1) is 0 Å². The van der Waals surface area contributed by atoms with Gasteiger partial charge in [-0.1, -0.05) is 44.7 Å². The number of rotatable bonds is 11. The Morgan fingerprint density at radius 1 is 1.12 bits per heavy atom. The van der Waals surface area contributed by atoms with Crippen molar-refractivity contribution in [1.82, 2.24) is 15.5 Å². The Labute approximate surface area is 201 Å². The van der Waals surface area contributed by atoms with Crippen LogP contribution in [0.1, 0.15) is 74.0 Å². The lowest BCUT2D eigenvalue weighted by Gasteiger charge is -2.33. The van der Waals surface area contributed by atoms with Crippen LogP contribution < -0.4 is 15.4 Å². The molecule has 1 aliphatic rings. The van der Waals surface area contributed by atoms with Gasteiger partial charge in [-0.2, -0.15) is 0 Å². The summed E-state index contributed by atoms with van der Waals surface area (Å²) in [5.41, 5.74) is 0.705. The Morgan fingerprint density at radius 2 is 1.85 bits per heavy atom. The van der Waals surface area contributed by atoms with Crippen LogP contribution in [0.15, 0.2) is 47.1 Å². The number of hydrogen-bond acceptors (Lipinski definition) is 5. The number of nitrogens with zero attached hydrogens (tertiary/aromatic N) is 1. The minimum Gasteiger partial charge on any atom is -0.497 e. The SMILES string of the molecule is CCCCN(C(=O)CNC(=O)c1ccco1)C(C(=O)NC1CCCCC1)c1ccc(OC)cc1. The Morgan fingerprint density at radius 3 is 2.47 bits per heavy atom. The fourth-order valence-electron chi connectivity index (χ4n) is 4.26. The molecule has 1 aromatic carbocycles. The van der Waals surface area contributed by atoms with Crippen LogP contribution in [-0.2, 0) is 9.59 Å². The van der Waals surface area contributed by atoms with E-state index in [0.29, 0.717) is 17.9 Å². The van der Waals surface area contributed by atoms with E-state index in [1.54, 1.807) is 30.2 Å². The van der Waals surface area contributed by atoms with E-state index in [-0.39, 0.29) is 30.2 Å². The number of benzene rings is 1. The Bertz CT molecular complexity index is 920. The van der Waals surface area contributed by atoms with Gasteiger partial charge in [0.1, 0.15) is 11.8 Å². The molecule has 184 valence electrons. The lowest BCUT2D eigenvalue weighted by molar-refractivity contribution is -0.140. The zero-order valence-electron chi connectivity index (χ0n) is 20.0. The summed E-state index contributed by atoms with van der Waals surface area (Å²) in [7, 11) is 1.58. The first-order valence-corrected chi connectivity index (χ1v) is 12.1. The van der Waals surface area contributed by atoms with Crippen molar-refractivity contribution in [1.29, 1.82) is 0 Å². The molecule has 0 radical (unpaired) electrons. The third kappa shape index (κ3) is 6.85. The molecule has 8 nitrogen and oxygen atoms in total. The van der Waals surface area contributed by atoms with Gasteiger partial charge in [0.05, 0.1) is 19.9 Å². The molecule has 1 unspecified atom stereocenters. The summed E-state index contributed by atoms with van der Waals surface area (Å²) in [6.45, 7) is 2.21. The molecule has 0 bridgehead atoms.